The highest BCUT2D eigenvalue weighted by atomic mass is 16.5. The maximum absolute atomic E-state index is 11.5. The highest BCUT2D eigenvalue weighted by Gasteiger charge is 2.11. The van der Waals surface area contributed by atoms with Gasteiger partial charge in [-0.2, -0.15) is 0 Å². The number of hydrogen-bond donors (Lipinski definition) is 1. The molecule has 4 heteroatoms. The van der Waals surface area contributed by atoms with Gasteiger partial charge in [0.1, 0.15) is 0 Å². The van der Waals surface area contributed by atoms with Gasteiger partial charge in [-0.15, -0.1) is 0 Å². The molecule has 21 heavy (non-hydrogen) atoms. The molecule has 1 N–H and O–H groups in total. The second-order valence-corrected chi connectivity index (χ2v) is 4.34. The topological polar surface area (TPSA) is 55.8 Å². The lowest BCUT2D eigenvalue weighted by atomic mass is 10.0. The summed E-state index contributed by atoms with van der Waals surface area (Å²) in [5.41, 5.74) is 1.61. The summed E-state index contributed by atoms with van der Waals surface area (Å²) in [6.45, 7) is 0. The zero-order valence-electron chi connectivity index (χ0n) is 11.9. The van der Waals surface area contributed by atoms with Crippen molar-refractivity contribution in [2.45, 2.75) is 0 Å². The Hall–Kier alpha value is -2.75. The van der Waals surface area contributed by atoms with Crippen LogP contribution in [0.2, 0.25) is 0 Å². The van der Waals surface area contributed by atoms with E-state index >= 15 is 0 Å². The molecule has 0 aromatic heterocycles. The van der Waals surface area contributed by atoms with Crippen molar-refractivity contribution < 1.29 is 19.4 Å². The molecule has 0 aliphatic rings. The van der Waals surface area contributed by atoms with Crippen LogP contribution in [0.25, 0.3) is 11.6 Å². The van der Waals surface area contributed by atoms with E-state index in [1.54, 1.807) is 62.8 Å². The fourth-order valence-corrected chi connectivity index (χ4v) is 2.00. The molecule has 2 aromatic rings. The fraction of sp³-hybridized carbons (Fsp3) is 0.118. The van der Waals surface area contributed by atoms with E-state index in [-0.39, 0.29) is 5.57 Å². The van der Waals surface area contributed by atoms with Crippen LogP contribution in [0.1, 0.15) is 11.1 Å². The third kappa shape index (κ3) is 3.42. The van der Waals surface area contributed by atoms with E-state index in [4.69, 9.17) is 9.47 Å². The summed E-state index contributed by atoms with van der Waals surface area (Å²) in [7, 11) is 3.10. The van der Waals surface area contributed by atoms with Gasteiger partial charge in [0.05, 0.1) is 19.8 Å². The van der Waals surface area contributed by atoms with Crippen molar-refractivity contribution in [1.29, 1.82) is 0 Å². The van der Waals surface area contributed by atoms with Gasteiger partial charge >= 0.3 is 5.97 Å². The average molecular weight is 284 g/mol. The fourth-order valence-electron chi connectivity index (χ4n) is 2.00. The predicted octanol–water partition coefficient (Wildman–Crippen LogP) is 3.33. The number of carbonyl (C=O) groups is 1. The number of methoxy groups -OCH3 is 2. The molecule has 0 fully saturated rings. The first kappa shape index (κ1) is 14.7. The van der Waals surface area contributed by atoms with Crippen LogP contribution in [0, 0.1) is 0 Å². The summed E-state index contributed by atoms with van der Waals surface area (Å²) in [5, 5.41) is 9.39. The molecule has 0 aliphatic carbocycles. The highest BCUT2D eigenvalue weighted by Crippen LogP contribution is 2.29. The molecule has 0 atom stereocenters. The molecule has 0 spiro atoms. The van der Waals surface area contributed by atoms with E-state index in [2.05, 4.69) is 0 Å². The van der Waals surface area contributed by atoms with Crippen LogP contribution in [0.4, 0.5) is 0 Å². The summed E-state index contributed by atoms with van der Waals surface area (Å²) in [6, 6.07) is 14.3. The van der Waals surface area contributed by atoms with E-state index in [1.807, 2.05) is 6.07 Å². The summed E-state index contributed by atoms with van der Waals surface area (Å²) < 4.78 is 10.4. The number of rotatable bonds is 5. The smallest absolute Gasteiger partial charge is 0.336 e. The first-order valence-corrected chi connectivity index (χ1v) is 6.38. The number of carboxylic acids is 1. The molecule has 2 aromatic carbocycles. The van der Waals surface area contributed by atoms with E-state index < -0.39 is 5.97 Å². The van der Waals surface area contributed by atoms with Crippen LogP contribution in [0.15, 0.2) is 48.5 Å². The molecule has 0 saturated carbocycles. The quantitative estimate of drug-likeness (QED) is 0.676. The summed E-state index contributed by atoms with van der Waals surface area (Å²) in [6.07, 6.45) is 1.61. The Morgan fingerprint density at radius 3 is 2.24 bits per heavy atom. The normalized spacial score (nSPS) is 11.0. The van der Waals surface area contributed by atoms with Crippen molar-refractivity contribution in [3.63, 3.8) is 0 Å². The molecule has 0 bridgehead atoms. The summed E-state index contributed by atoms with van der Waals surface area (Å²) >= 11 is 0. The minimum atomic E-state index is -0.976. The monoisotopic (exact) mass is 284 g/mol. The number of ether oxygens (including phenoxy) is 2. The van der Waals surface area contributed by atoms with E-state index in [9.17, 15) is 9.90 Å². The summed E-state index contributed by atoms with van der Waals surface area (Å²) in [4.78, 5) is 11.5. The third-order valence-electron chi connectivity index (χ3n) is 3.03. The lowest BCUT2D eigenvalue weighted by molar-refractivity contribution is -0.130. The molecule has 2 rings (SSSR count). The zero-order chi connectivity index (χ0) is 15.2. The lowest BCUT2D eigenvalue weighted by Crippen LogP contribution is -1.99. The minimum Gasteiger partial charge on any atom is -0.493 e. The van der Waals surface area contributed by atoms with Crippen LogP contribution < -0.4 is 9.47 Å². The highest BCUT2D eigenvalue weighted by molar-refractivity contribution is 6.20. The lowest BCUT2D eigenvalue weighted by Gasteiger charge is -2.08. The van der Waals surface area contributed by atoms with Gasteiger partial charge < -0.3 is 14.6 Å². The van der Waals surface area contributed by atoms with Crippen LogP contribution in [-0.4, -0.2) is 25.3 Å². The Morgan fingerprint density at radius 1 is 1.00 bits per heavy atom. The van der Waals surface area contributed by atoms with Crippen LogP contribution in [0.3, 0.4) is 0 Å². The van der Waals surface area contributed by atoms with Gasteiger partial charge in [0.25, 0.3) is 0 Å². The standard InChI is InChI=1S/C17H16O4/c1-20-15-9-8-12(11-16(15)21-2)10-14(17(18)19)13-6-4-3-5-7-13/h3-11H,1-2H3,(H,18,19). The molecule has 0 saturated heterocycles. The number of benzene rings is 2. The number of aliphatic carboxylic acids is 1. The van der Waals surface area contributed by atoms with Crippen molar-refractivity contribution in [3.8, 4) is 11.5 Å². The second kappa shape index (κ2) is 6.61. The van der Waals surface area contributed by atoms with Gasteiger partial charge in [0, 0.05) is 0 Å². The summed E-state index contributed by atoms with van der Waals surface area (Å²) in [5.74, 6) is 0.186. The van der Waals surface area contributed by atoms with Crippen molar-refractivity contribution in [2.24, 2.45) is 0 Å². The molecular weight excluding hydrogens is 268 g/mol. The van der Waals surface area contributed by atoms with E-state index in [0.29, 0.717) is 17.1 Å². The SMILES string of the molecule is COc1ccc(C=C(C(=O)O)c2ccccc2)cc1OC. The van der Waals surface area contributed by atoms with Crippen LogP contribution >= 0.6 is 0 Å². The first-order valence-electron chi connectivity index (χ1n) is 6.38. The van der Waals surface area contributed by atoms with Gasteiger partial charge in [0.2, 0.25) is 0 Å². The molecule has 0 radical (unpaired) electrons. The average Bonchev–Trinajstić information content (AvgIpc) is 2.52. The molecule has 4 nitrogen and oxygen atoms in total. The molecule has 0 heterocycles. The van der Waals surface area contributed by atoms with Gasteiger partial charge in [-0.25, -0.2) is 4.79 Å². The first-order chi connectivity index (χ1) is 10.2. The van der Waals surface area contributed by atoms with E-state index in [0.717, 1.165) is 5.56 Å². The van der Waals surface area contributed by atoms with Crippen molar-refractivity contribution in [3.05, 3.63) is 59.7 Å². The maximum Gasteiger partial charge on any atom is 0.336 e. The molecule has 0 aliphatic heterocycles. The van der Waals surface area contributed by atoms with Crippen molar-refractivity contribution in [2.75, 3.05) is 14.2 Å². The second-order valence-electron chi connectivity index (χ2n) is 4.34. The Morgan fingerprint density at radius 2 is 1.67 bits per heavy atom. The molecule has 0 amide bonds. The van der Waals surface area contributed by atoms with Gasteiger partial charge in [-0.1, -0.05) is 36.4 Å². The Balaban J connectivity index is 2.46. The van der Waals surface area contributed by atoms with Crippen LogP contribution in [0.5, 0.6) is 11.5 Å². The Labute approximate surface area is 123 Å². The van der Waals surface area contributed by atoms with Crippen molar-refractivity contribution in [1.82, 2.24) is 0 Å². The molecular formula is C17H16O4. The third-order valence-corrected chi connectivity index (χ3v) is 3.03. The largest absolute Gasteiger partial charge is 0.493 e. The molecule has 108 valence electrons. The number of carboxylic acid groups (broad SMARTS) is 1. The van der Waals surface area contributed by atoms with Gasteiger partial charge in [-0.3, -0.25) is 0 Å². The van der Waals surface area contributed by atoms with E-state index in [1.165, 1.54) is 0 Å². The predicted molar refractivity (Wildman–Crippen MR) is 81.5 cm³/mol. The molecule has 0 unspecified atom stereocenters. The zero-order valence-corrected chi connectivity index (χ0v) is 11.9. The number of hydrogen-bond acceptors (Lipinski definition) is 3. The van der Waals surface area contributed by atoms with Crippen molar-refractivity contribution >= 4 is 17.6 Å². The van der Waals surface area contributed by atoms with Crippen LogP contribution in [-0.2, 0) is 4.79 Å². The maximum atomic E-state index is 11.5. The Bertz CT molecular complexity index is 660. The van der Waals surface area contributed by atoms with Gasteiger partial charge in [0.15, 0.2) is 11.5 Å². The minimum absolute atomic E-state index is 0.225. The Kier molecular flexibility index (Phi) is 4.61. The van der Waals surface area contributed by atoms with Gasteiger partial charge in [-0.05, 0) is 29.3 Å².